The molecule has 2 rings (SSSR count). The Labute approximate surface area is 172 Å². The molecular weight excluding hydrogens is 366 g/mol. The SMILES string of the molecule is CCc1cccc(CC)c1NC(=O)C(C)(C)C(=O)Nc1ccc(NC(C)=O)cc1. The Hall–Kier alpha value is -3.15. The molecular formula is C23H29N3O3. The van der Waals surface area contributed by atoms with E-state index in [4.69, 9.17) is 0 Å². The van der Waals surface area contributed by atoms with E-state index in [9.17, 15) is 14.4 Å². The number of hydrogen-bond donors (Lipinski definition) is 3. The minimum absolute atomic E-state index is 0.168. The highest BCUT2D eigenvalue weighted by atomic mass is 16.2. The van der Waals surface area contributed by atoms with Crippen molar-refractivity contribution in [2.24, 2.45) is 5.41 Å². The zero-order valence-corrected chi connectivity index (χ0v) is 17.7. The first-order valence-electron chi connectivity index (χ1n) is 9.80. The van der Waals surface area contributed by atoms with Crippen LogP contribution in [0.1, 0.15) is 45.7 Å². The Morgan fingerprint density at radius 3 is 1.66 bits per heavy atom. The van der Waals surface area contributed by atoms with Crippen molar-refractivity contribution >= 4 is 34.8 Å². The first kappa shape index (κ1) is 22.1. The van der Waals surface area contributed by atoms with Crippen LogP contribution >= 0.6 is 0 Å². The molecule has 0 saturated carbocycles. The molecule has 0 aliphatic carbocycles. The van der Waals surface area contributed by atoms with Gasteiger partial charge in [-0.2, -0.15) is 0 Å². The third-order valence-electron chi connectivity index (χ3n) is 4.84. The summed E-state index contributed by atoms with van der Waals surface area (Å²) in [5.74, 6) is -0.937. The molecule has 2 aromatic carbocycles. The molecule has 2 aromatic rings. The normalized spacial score (nSPS) is 10.9. The maximum absolute atomic E-state index is 13.0. The van der Waals surface area contributed by atoms with Crippen LogP contribution in [0.5, 0.6) is 0 Å². The summed E-state index contributed by atoms with van der Waals surface area (Å²) in [6.45, 7) is 8.70. The average Bonchev–Trinajstić information content (AvgIpc) is 2.69. The van der Waals surface area contributed by atoms with E-state index in [1.54, 1.807) is 38.1 Å². The number of benzene rings is 2. The van der Waals surface area contributed by atoms with E-state index in [1.165, 1.54) is 6.92 Å². The van der Waals surface area contributed by atoms with Crippen LogP contribution < -0.4 is 16.0 Å². The topological polar surface area (TPSA) is 87.3 Å². The number of carbonyl (C=O) groups excluding carboxylic acids is 3. The highest BCUT2D eigenvalue weighted by Crippen LogP contribution is 2.27. The first-order valence-corrected chi connectivity index (χ1v) is 9.80. The molecule has 3 amide bonds. The van der Waals surface area contributed by atoms with Crippen LogP contribution in [0.15, 0.2) is 42.5 Å². The van der Waals surface area contributed by atoms with Gasteiger partial charge in [-0.05, 0) is 62.1 Å². The van der Waals surface area contributed by atoms with Crippen LogP contribution in [0.3, 0.4) is 0 Å². The van der Waals surface area contributed by atoms with E-state index in [2.05, 4.69) is 16.0 Å². The average molecular weight is 396 g/mol. The van der Waals surface area contributed by atoms with E-state index in [1.807, 2.05) is 32.0 Å². The summed E-state index contributed by atoms with van der Waals surface area (Å²) in [7, 11) is 0. The number of amides is 3. The van der Waals surface area contributed by atoms with Crippen molar-refractivity contribution in [3.05, 3.63) is 53.6 Å². The van der Waals surface area contributed by atoms with Crippen LogP contribution in [0.4, 0.5) is 17.1 Å². The maximum Gasteiger partial charge on any atom is 0.239 e. The molecule has 0 aromatic heterocycles. The molecule has 154 valence electrons. The summed E-state index contributed by atoms with van der Waals surface area (Å²) in [5.41, 5.74) is 2.79. The van der Waals surface area contributed by atoms with Crippen LogP contribution in [0, 0.1) is 5.41 Å². The van der Waals surface area contributed by atoms with E-state index in [0.29, 0.717) is 11.4 Å². The molecule has 0 aliphatic heterocycles. The molecule has 0 heterocycles. The van der Waals surface area contributed by atoms with Crippen molar-refractivity contribution in [1.29, 1.82) is 0 Å². The number of hydrogen-bond acceptors (Lipinski definition) is 3. The van der Waals surface area contributed by atoms with Crippen molar-refractivity contribution in [2.45, 2.75) is 47.5 Å². The zero-order chi connectivity index (χ0) is 21.6. The van der Waals surface area contributed by atoms with Crippen LogP contribution in [-0.4, -0.2) is 17.7 Å². The molecule has 3 N–H and O–H groups in total. The van der Waals surface area contributed by atoms with Gasteiger partial charge in [0.1, 0.15) is 5.41 Å². The van der Waals surface area contributed by atoms with Crippen LogP contribution in [0.2, 0.25) is 0 Å². The fourth-order valence-corrected chi connectivity index (χ4v) is 2.90. The number of para-hydroxylation sites is 1. The summed E-state index contributed by atoms with van der Waals surface area (Å²) in [6, 6.07) is 12.7. The van der Waals surface area contributed by atoms with Gasteiger partial charge >= 0.3 is 0 Å². The van der Waals surface area contributed by atoms with Crippen molar-refractivity contribution in [3.8, 4) is 0 Å². The molecule has 0 spiro atoms. The third-order valence-corrected chi connectivity index (χ3v) is 4.84. The fraction of sp³-hybridized carbons (Fsp3) is 0.348. The monoisotopic (exact) mass is 395 g/mol. The predicted molar refractivity (Wildman–Crippen MR) is 117 cm³/mol. The molecule has 0 unspecified atom stereocenters. The molecule has 29 heavy (non-hydrogen) atoms. The molecule has 0 bridgehead atoms. The summed E-state index contributed by atoms with van der Waals surface area (Å²) < 4.78 is 0. The van der Waals surface area contributed by atoms with Gasteiger partial charge in [-0.3, -0.25) is 14.4 Å². The van der Waals surface area contributed by atoms with Crippen LogP contribution in [0.25, 0.3) is 0 Å². The number of anilines is 3. The molecule has 0 radical (unpaired) electrons. The predicted octanol–water partition coefficient (Wildman–Crippen LogP) is 4.37. The van der Waals surface area contributed by atoms with E-state index in [-0.39, 0.29) is 11.8 Å². The minimum atomic E-state index is -1.28. The Kier molecular flexibility index (Phi) is 7.15. The lowest BCUT2D eigenvalue weighted by Crippen LogP contribution is -2.42. The third kappa shape index (κ3) is 5.44. The lowest BCUT2D eigenvalue weighted by Gasteiger charge is -2.24. The fourth-order valence-electron chi connectivity index (χ4n) is 2.90. The number of aryl methyl sites for hydroxylation is 2. The van der Waals surface area contributed by atoms with Crippen molar-refractivity contribution in [1.82, 2.24) is 0 Å². The lowest BCUT2D eigenvalue weighted by atomic mass is 9.90. The second-order valence-electron chi connectivity index (χ2n) is 7.45. The largest absolute Gasteiger partial charge is 0.326 e. The summed E-state index contributed by atoms with van der Waals surface area (Å²) >= 11 is 0. The standard InChI is InChI=1S/C23H29N3O3/c1-6-16-9-8-10-17(7-2)20(16)26-22(29)23(4,5)21(28)25-19-13-11-18(12-14-19)24-15(3)27/h8-14H,6-7H2,1-5H3,(H,24,27)(H,25,28)(H,26,29). The van der Waals surface area contributed by atoms with E-state index in [0.717, 1.165) is 29.7 Å². The smallest absolute Gasteiger partial charge is 0.239 e. The number of rotatable bonds is 7. The van der Waals surface area contributed by atoms with Gasteiger partial charge in [0.25, 0.3) is 0 Å². The Morgan fingerprint density at radius 2 is 1.21 bits per heavy atom. The van der Waals surface area contributed by atoms with Gasteiger partial charge in [-0.15, -0.1) is 0 Å². The van der Waals surface area contributed by atoms with Gasteiger partial charge in [0.15, 0.2) is 0 Å². The van der Waals surface area contributed by atoms with Gasteiger partial charge in [0.05, 0.1) is 0 Å². The first-order chi connectivity index (χ1) is 13.7. The van der Waals surface area contributed by atoms with Crippen molar-refractivity contribution < 1.29 is 14.4 Å². The highest BCUT2D eigenvalue weighted by Gasteiger charge is 2.36. The van der Waals surface area contributed by atoms with E-state index >= 15 is 0 Å². The molecule has 6 heteroatoms. The van der Waals surface area contributed by atoms with E-state index < -0.39 is 11.3 Å². The quantitative estimate of drug-likeness (QED) is 0.608. The van der Waals surface area contributed by atoms with Crippen molar-refractivity contribution in [2.75, 3.05) is 16.0 Å². The van der Waals surface area contributed by atoms with Gasteiger partial charge in [0.2, 0.25) is 17.7 Å². The second kappa shape index (κ2) is 9.37. The van der Waals surface area contributed by atoms with Gasteiger partial charge in [-0.1, -0.05) is 32.0 Å². The summed E-state index contributed by atoms with van der Waals surface area (Å²) in [5, 5.41) is 8.41. The molecule has 0 saturated heterocycles. The highest BCUT2D eigenvalue weighted by molar-refractivity contribution is 6.14. The number of carbonyl (C=O) groups is 3. The minimum Gasteiger partial charge on any atom is -0.326 e. The summed E-state index contributed by atoms with van der Waals surface area (Å²) in [4.78, 5) is 36.9. The number of nitrogens with one attached hydrogen (secondary N) is 3. The zero-order valence-electron chi connectivity index (χ0n) is 17.7. The summed E-state index contributed by atoms with van der Waals surface area (Å²) in [6.07, 6.45) is 1.58. The Balaban J connectivity index is 2.14. The second-order valence-corrected chi connectivity index (χ2v) is 7.45. The van der Waals surface area contributed by atoms with Gasteiger partial charge in [0, 0.05) is 24.0 Å². The molecule has 0 fully saturated rings. The Morgan fingerprint density at radius 1 is 0.759 bits per heavy atom. The van der Waals surface area contributed by atoms with Crippen molar-refractivity contribution in [3.63, 3.8) is 0 Å². The molecule has 6 nitrogen and oxygen atoms in total. The molecule has 0 atom stereocenters. The molecule has 0 aliphatic rings. The lowest BCUT2D eigenvalue weighted by molar-refractivity contribution is -0.135. The van der Waals surface area contributed by atoms with Gasteiger partial charge in [-0.25, -0.2) is 0 Å². The van der Waals surface area contributed by atoms with Gasteiger partial charge < -0.3 is 16.0 Å². The van der Waals surface area contributed by atoms with Crippen LogP contribution in [-0.2, 0) is 27.2 Å². The maximum atomic E-state index is 13.0. The Bertz CT molecular complexity index is 880.